The lowest BCUT2D eigenvalue weighted by atomic mass is 10.3. The van der Waals surface area contributed by atoms with Crippen LogP contribution in [0.4, 0.5) is 0 Å². The van der Waals surface area contributed by atoms with Gasteiger partial charge >= 0.3 is 0 Å². The zero-order valence-corrected chi connectivity index (χ0v) is 10.2. The molecule has 1 heterocycles. The van der Waals surface area contributed by atoms with E-state index in [1.807, 2.05) is 6.07 Å². The van der Waals surface area contributed by atoms with Crippen LogP contribution in [0.5, 0.6) is 0 Å². The first kappa shape index (κ1) is 13.7. The predicted molar refractivity (Wildman–Crippen MR) is 63.2 cm³/mol. The van der Waals surface area contributed by atoms with E-state index in [0.717, 1.165) is 0 Å². The number of hydrogen-bond donors (Lipinski definition) is 1. The van der Waals surface area contributed by atoms with Crippen molar-refractivity contribution in [3.63, 3.8) is 0 Å². The molecule has 0 aromatic carbocycles. The number of hydrogen-bond acceptors (Lipinski definition) is 4. The number of carbonyl (C=O) groups excluding carboxylic acids is 2. The molecule has 18 heavy (non-hydrogen) atoms. The number of carbonyl (C=O) groups is 2. The van der Waals surface area contributed by atoms with Gasteiger partial charge in [0.2, 0.25) is 5.91 Å². The van der Waals surface area contributed by atoms with Gasteiger partial charge in [-0.3, -0.25) is 14.3 Å². The van der Waals surface area contributed by atoms with Gasteiger partial charge in [0.05, 0.1) is 24.3 Å². The van der Waals surface area contributed by atoms with Crippen LogP contribution in [-0.2, 0) is 11.3 Å². The summed E-state index contributed by atoms with van der Waals surface area (Å²) in [6, 6.07) is 1.98. The molecule has 0 atom stereocenters. The van der Waals surface area contributed by atoms with Crippen molar-refractivity contribution in [2.75, 3.05) is 13.6 Å². The zero-order valence-electron chi connectivity index (χ0n) is 10.2. The van der Waals surface area contributed by atoms with E-state index in [1.54, 1.807) is 7.05 Å². The summed E-state index contributed by atoms with van der Waals surface area (Å²) in [5.41, 5.74) is 5.41. The Morgan fingerprint density at radius 1 is 1.61 bits per heavy atom. The number of primary amides is 1. The molecular weight excluding hydrogens is 234 g/mol. The van der Waals surface area contributed by atoms with Crippen molar-refractivity contribution in [2.45, 2.75) is 19.4 Å². The van der Waals surface area contributed by atoms with Crippen LogP contribution in [0.2, 0.25) is 0 Å². The van der Waals surface area contributed by atoms with Crippen LogP contribution in [0.15, 0.2) is 12.4 Å². The van der Waals surface area contributed by atoms with Crippen molar-refractivity contribution in [3.05, 3.63) is 18.0 Å². The molecule has 1 rings (SSSR count). The van der Waals surface area contributed by atoms with Crippen molar-refractivity contribution >= 4 is 11.8 Å². The lowest BCUT2D eigenvalue weighted by Crippen LogP contribution is -2.28. The Morgan fingerprint density at radius 3 is 2.89 bits per heavy atom. The number of nitrogens with zero attached hydrogens (tertiary/aromatic N) is 4. The number of aromatic nitrogens is 2. The first-order valence-electron chi connectivity index (χ1n) is 5.47. The largest absolute Gasteiger partial charge is 0.366 e. The average Bonchev–Trinajstić information content (AvgIpc) is 2.81. The molecule has 7 nitrogen and oxygen atoms in total. The van der Waals surface area contributed by atoms with E-state index in [1.165, 1.54) is 22.0 Å². The third-order valence-electron chi connectivity index (χ3n) is 2.46. The first-order chi connectivity index (χ1) is 8.54. The minimum Gasteiger partial charge on any atom is -0.366 e. The van der Waals surface area contributed by atoms with E-state index >= 15 is 0 Å². The summed E-state index contributed by atoms with van der Waals surface area (Å²) in [6.07, 6.45) is 3.45. The van der Waals surface area contributed by atoms with Crippen LogP contribution in [0.1, 0.15) is 23.2 Å². The van der Waals surface area contributed by atoms with Gasteiger partial charge in [-0.25, -0.2) is 0 Å². The summed E-state index contributed by atoms with van der Waals surface area (Å²) in [4.78, 5) is 24.0. The summed E-state index contributed by atoms with van der Waals surface area (Å²) in [5, 5.41) is 12.3. The lowest BCUT2D eigenvalue weighted by Gasteiger charge is -2.15. The first-order valence-corrected chi connectivity index (χ1v) is 5.47. The summed E-state index contributed by atoms with van der Waals surface area (Å²) < 4.78 is 1.50. The summed E-state index contributed by atoms with van der Waals surface area (Å²) in [5.74, 6) is -0.611. The van der Waals surface area contributed by atoms with E-state index < -0.39 is 5.91 Å². The monoisotopic (exact) mass is 249 g/mol. The highest BCUT2D eigenvalue weighted by atomic mass is 16.2. The third-order valence-corrected chi connectivity index (χ3v) is 2.46. The summed E-state index contributed by atoms with van der Waals surface area (Å²) >= 11 is 0. The van der Waals surface area contributed by atoms with E-state index in [9.17, 15) is 9.59 Å². The molecule has 1 aromatic heterocycles. The number of aryl methyl sites for hydroxylation is 1. The molecule has 0 aliphatic carbocycles. The molecule has 0 aliphatic rings. The SMILES string of the molecule is CN(CCC#N)C(=O)CCn1cc(C(N)=O)cn1. The van der Waals surface area contributed by atoms with Crippen LogP contribution < -0.4 is 5.73 Å². The minimum atomic E-state index is -0.543. The maximum Gasteiger partial charge on any atom is 0.251 e. The number of nitrogens with two attached hydrogens (primary N) is 1. The lowest BCUT2D eigenvalue weighted by molar-refractivity contribution is -0.130. The van der Waals surface area contributed by atoms with Gasteiger partial charge in [0, 0.05) is 32.8 Å². The van der Waals surface area contributed by atoms with Crippen molar-refractivity contribution < 1.29 is 9.59 Å². The highest BCUT2D eigenvalue weighted by Gasteiger charge is 2.09. The molecule has 0 fully saturated rings. The van der Waals surface area contributed by atoms with Gasteiger partial charge in [-0.2, -0.15) is 10.4 Å². The van der Waals surface area contributed by atoms with Gasteiger partial charge in [0.25, 0.3) is 5.91 Å². The Labute approximate surface area is 105 Å². The van der Waals surface area contributed by atoms with Gasteiger partial charge in [-0.15, -0.1) is 0 Å². The normalized spacial score (nSPS) is 9.78. The highest BCUT2D eigenvalue weighted by molar-refractivity contribution is 5.92. The van der Waals surface area contributed by atoms with Gasteiger partial charge in [-0.1, -0.05) is 0 Å². The molecule has 7 heteroatoms. The number of rotatable bonds is 6. The Kier molecular flexibility index (Phi) is 4.87. The molecule has 0 saturated heterocycles. The molecule has 2 amide bonds. The molecule has 96 valence electrons. The minimum absolute atomic E-state index is 0.0682. The van der Waals surface area contributed by atoms with Crippen LogP contribution in [0.3, 0.4) is 0 Å². The second kappa shape index (κ2) is 6.39. The zero-order chi connectivity index (χ0) is 13.5. The van der Waals surface area contributed by atoms with E-state index in [0.29, 0.717) is 25.1 Å². The fourth-order valence-corrected chi connectivity index (χ4v) is 1.36. The van der Waals surface area contributed by atoms with Gasteiger partial charge in [0.1, 0.15) is 0 Å². The average molecular weight is 249 g/mol. The molecule has 2 N–H and O–H groups in total. The third kappa shape index (κ3) is 3.90. The Bertz CT molecular complexity index is 474. The maximum atomic E-state index is 11.6. The number of amides is 2. The van der Waals surface area contributed by atoms with E-state index in [4.69, 9.17) is 11.0 Å². The Balaban J connectivity index is 2.42. The van der Waals surface area contributed by atoms with Crippen LogP contribution >= 0.6 is 0 Å². The van der Waals surface area contributed by atoms with Crippen molar-refractivity contribution in [3.8, 4) is 6.07 Å². The fourth-order valence-electron chi connectivity index (χ4n) is 1.36. The topological polar surface area (TPSA) is 105 Å². The molecule has 1 aromatic rings. The Hall–Kier alpha value is -2.36. The summed E-state index contributed by atoms with van der Waals surface area (Å²) in [6.45, 7) is 0.796. The second-order valence-corrected chi connectivity index (χ2v) is 3.83. The van der Waals surface area contributed by atoms with E-state index in [2.05, 4.69) is 5.10 Å². The van der Waals surface area contributed by atoms with Gasteiger partial charge < -0.3 is 10.6 Å². The molecule has 0 aliphatic heterocycles. The number of nitriles is 1. The van der Waals surface area contributed by atoms with Gasteiger partial charge in [-0.05, 0) is 0 Å². The maximum absolute atomic E-state index is 11.6. The van der Waals surface area contributed by atoms with Gasteiger partial charge in [0.15, 0.2) is 0 Å². The van der Waals surface area contributed by atoms with Crippen molar-refractivity contribution in [1.82, 2.24) is 14.7 Å². The van der Waals surface area contributed by atoms with E-state index in [-0.39, 0.29) is 12.3 Å². The van der Waals surface area contributed by atoms with Crippen molar-refractivity contribution in [2.24, 2.45) is 5.73 Å². The Morgan fingerprint density at radius 2 is 2.33 bits per heavy atom. The second-order valence-electron chi connectivity index (χ2n) is 3.83. The molecule has 0 spiro atoms. The predicted octanol–water partition coefficient (Wildman–Crippen LogP) is -0.256. The van der Waals surface area contributed by atoms with Crippen LogP contribution in [0.25, 0.3) is 0 Å². The molecule has 0 unspecified atom stereocenters. The molecular formula is C11H15N5O2. The quantitative estimate of drug-likeness (QED) is 0.750. The smallest absolute Gasteiger partial charge is 0.251 e. The molecule has 0 bridgehead atoms. The highest BCUT2D eigenvalue weighted by Crippen LogP contribution is 1.99. The van der Waals surface area contributed by atoms with Crippen LogP contribution in [-0.4, -0.2) is 40.1 Å². The molecule has 0 radical (unpaired) electrons. The van der Waals surface area contributed by atoms with Crippen LogP contribution in [0, 0.1) is 11.3 Å². The van der Waals surface area contributed by atoms with Crippen molar-refractivity contribution in [1.29, 1.82) is 5.26 Å². The summed E-state index contributed by atoms with van der Waals surface area (Å²) in [7, 11) is 1.65. The molecule has 0 saturated carbocycles. The fraction of sp³-hybridized carbons (Fsp3) is 0.455. The standard InChI is InChI=1S/C11H15N5O2/c1-15(5-2-4-12)10(17)3-6-16-8-9(7-14-16)11(13)18/h7-8H,2-3,5-6H2,1H3,(H2,13,18).